The van der Waals surface area contributed by atoms with Gasteiger partial charge in [0, 0.05) is 21.7 Å². The van der Waals surface area contributed by atoms with Crippen molar-refractivity contribution in [1.82, 2.24) is 5.32 Å². The van der Waals surface area contributed by atoms with Gasteiger partial charge < -0.3 is 10.1 Å². The minimum atomic E-state index is 0.620. The Kier molecular flexibility index (Phi) is 4.53. The molecule has 0 aliphatic rings. The highest BCUT2D eigenvalue weighted by Crippen LogP contribution is 2.32. The first-order valence-corrected chi connectivity index (χ1v) is 8.08. The Hall–Kier alpha value is -1.84. The van der Waals surface area contributed by atoms with Crippen molar-refractivity contribution in [3.05, 3.63) is 65.0 Å². The van der Waals surface area contributed by atoms with E-state index in [0.29, 0.717) is 6.61 Å². The minimum absolute atomic E-state index is 0.620. The summed E-state index contributed by atoms with van der Waals surface area (Å²) >= 11 is 1.86. The van der Waals surface area contributed by atoms with Crippen molar-refractivity contribution >= 4 is 21.4 Å². The second-order valence-corrected chi connectivity index (χ2v) is 6.02. The molecule has 21 heavy (non-hydrogen) atoms. The van der Waals surface area contributed by atoms with E-state index in [-0.39, 0.29) is 0 Å². The number of rotatable bonds is 6. The molecule has 2 nitrogen and oxygen atoms in total. The molecular weight excluding hydrogens is 278 g/mol. The van der Waals surface area contributed by atoms with Crippen LogP contribution in [0.15, 0.2) is 54.6 Å². The first kappa shape index (κ1) is 14.1. The highest BCUT2D eigenvalue weighted by atomic mass is 32.1. The number of benzene rings is 2. The van der Waals surface area contributed by atoms with Gasteiger partial charge in [0.1, 0.15) is 12.4 Å². The van der Waals surface area contributed by atoms with E-state index in [4.69, 9.17) is 4.74 Å². The first-order valence-electron chi connectivity index (χ1n) is 7.26. The monoisotopic (exact) mass is 297 g/mol. The quantitative estimate of drug-likeness (QED) is 0.718. The van der Waals surface area contributed by atoms with E-state index in [1.807, 2.05) is 41.7 Å². The molecule has 0 saturated carbocycles. The third kappa shape index (κ3) is 3.26. The third-order valence-corrected chi connectivity index (χ3v) is 4.66. The summed E-state index contributed by atoms with van der Waals surface area (Å²) in [6, 6.07) is 18.6. The highest BCUT2D eigenvalue weighted by Gasteiger charge is 2.12. The maximum Gasteiger partial charge on any atom is 0.119 e. The van der Waals surface area contributed by atoms with E-state index in [9.17, 15) is 0 Å². The molecule has 0 unspecified atom stereocenters. The topological polar surface area (TPSA) is 21.3 Å². The van der Waals surface area contributed by atoms with Crippen LogP contribution in [-0.4, -0.2) is 6.54 Å². The van der Waals surface area contributed by atoms with Crippen molar-refractivity contribution in [1.29, 1.82) is 0 Å². The average Bonchev–Trinajstić information content (AvgIpc) is 2.89. The molecule has 1 aromatic heterocycles. The molecule has 0 fully saturated rings. The van der Waals surface area contributed by atoms with Crippen LogP contribution in [0, 0.1) is 0 Å². The molecule has 0 spiro atoms. The van der Waals surface area contributed by atoms with E-state index in [1.54, 1.807) is 0 Å². The number of hydrogen-bond acceptors (Lipinski definition) is 3. The zero-order valence-electron chi connectivity index (χ0n) is 12.1. The number of nitrogens with one attached hydrogen (secondary N) is 1. The van der Waals surface area contributed by atoms with Crippen molar-refractivity contribution in [3.8, 4) is 5.75 Å². The molecule has 1 N–H and O–H groups in total. The van der Waals surface area contributed by atoms with Gasteiger partial charge in [-0.05, 0) is 30.1 Å². The van der Waals surface area contributed by atoms with E-state index in [2.05, 4.69) is 36.5 Å². The smallest absolute Gasteiger partial charge is 0.119 e. The molecule has 3 rings (SSSR count). The predicted octanol–water partition coefficient (Wildman–Crippen LogP) is 4.59. The minimum Gasteiger partial charge on any atom is -0.489 e. The number of hydrogen-bond donors (Lipinski definition) is 1. The molecule has 0 aliphatic heterocycles. The predicted molar refractivity (Wildman–Crippen MR) is 90.0 cm³/mol. The van der Waals surface area contributed by atoms with Gasteiger partial charge in [0.15, 0.2) is 0 Å². The number of ether oxygens (including phenoxy) is 1. The summed E-state index contributed by atoms with van der Waals surface area (Å²) in [4.78, 5) is 1.37. The van der Waals surface area contributed by atoms with Crippen LogP contribution in [0.1, 0.15) is 17.4 Å². The van der Waals surface area contributed by atoms with Crippen molar-refractivity contribution in [2.75, 3.05) is 6.54 Å². The van der Waals surface area contributed by atoms with E-state index < -0.39 is 0 Å². The third-order valence-electron chi connectivity index (χ3n) is 3.44. The Morgan fingerprint density at radius 3 is 2.57 bits per heavy atom. The van der Waals surface area contributed by atoms with Crippen LogP contribution >= 0.6 is 11.3 Å². The normalized spacial score (nSPS) is 10.9. The number of para-hydroxylation sites is 1. The van der Waals surface area contributed by atoms with Gasteiger partial charge in [-0.3, -0.25) is 0 Å². The first-order chi connectivity index (χ1) is 10.4. The zero-order valence-corrected chi connectivity index (χ0v) is 13.0. The molecule has 0 bridgehead atoms. The van der Waals surface area contributed by atoms with Gasteiger partial charge >= 0.3 is 0 Å². The van der Waals surface area contributed by atoms with Crippen LogP contribution in [0.2, 0.25) is 0 Å². The summed E-state index contributed by atoms with van der Waals surface area (Å²) in [5.41, 5.74) is 1.31. The molecule has 3 heteroatoms. The number of thiophene rings is 1. The lowest BCUT2D eigenvalue weighted by Crippen LogP contribution is -2.12. The lowest BCUT2D eigenvalue weighted by Gasteiger charge is -2.08. The van der Waals surface area contributed by atoms with Crippen LogP contribution in [0.5, 0.6) is 5.75 Å². The summed E-state index contributed by atoms with van der Waals surface area (Å²) in [5, 5.41) is 4.73. The highest BCUT2D eigenvalue weighted by molar-refractivity contribution is 7.19. The molecule has 0 aliphatic carbocycles. The Labute approximate surface area is 129 Å². The molecule has 0 atom stereocenters. The largest absolute Gasteiger partial charge is 0.489 e. The summed E-state index contributed by atoms with van der Waals surface area (Å²) in [7, 11) is 0. The van der Waals surface area contributed by atoms with Crippen LogP contribution < -0.4 is 10.1 Å². The molecule has 0 saturated heterocycles. The maximum atomic E-state index is 5.96. The van der Waals surface area contributed by atoms with Crippen molar-refractivity contribution in [3.63, 3.8) is 0 Å². The molecule has 2 aromatic carbocycles. The van der Waals surface area contributed by atoms with E-state index >= 15 is 0 Å². The van der Waals surface area contributed by atoms with Crippen molar-refractivity contribution < 1.29 is 4.74 Å². The Balaban J connectivity index is 1.87. The van der Waals surface area contributed by atoms with Gasteiger partial charge in [-0.15, -0.1) is 11.3 Å². The van der Waals surface area contributed by atoms with E-state index in [1.165, 1.54) is 20.5 Å². The number of fused-ring (bicyclic) bond motifs is 1. The van der Waals surface area contributed by atoms with Gasteiger partial charge in [-0.25, -0.2) is 0 Å². The summed E-state index contributed by atoms with van der Waals surface area (Å²) in [6.07, 6.45) is 0. The summed E-state index contributed by atoms with van der Waals surface area (Å²) in [5.74, 6) is 0.919. The van der Waals surface area contributed by atoms with Crippen molar-refractivity contribution in [2.45, 2.75) is 20.1 Å². The zero-order chi connectivity index (χ0) is 14.5. The van der Waals surface area contributed by atoms with Gasteiger partial charge in [0.05, 0.1) is 0 Å². The fourth-order valence-electron chi connectivity index (χ4n) is 2.36. The lowest BCUT2D eigenvalue weighted by molar-refractivity contribution is 0.307. The van der Waals surface area contributed by atoms with Crippen LogP contribution in [0.3, 0.4) is 0 Å². The Bertz CT molecular complexity index is 706. The van der Waals surface area contributed by atoms with Crippen LogP contribution in [-0.2, 0) is 13.2 Å². The SMILES string of the molecule is CCNCc1sc2ccccc2c1COc1ccccc1. The standard InChI is InChI=1S/C18H19NOS/c1-2-19-12-18-16(13-20-14-8-4-3-5-9-14)15-10-6-7-11-17(15)21-18/h3-11,19H,2,12-13H2,1H3. The summed E-state index contributed by atoms with van der Waals surface area (Å²) < 4.78 is 7.29. The molecule has 0 radical (unpaired) electrons. The molecule has 1 heterocycles. The molecule has 0 amide bonds. The average molecular weight is 297 g/mol. The molecule has 108 valence electrons. The second kappa shape index (κ2) is 6.74. The van der Waals surface area contributed by atoms with Gasteiger partial charge in [0.25, 0.3) is 0 Å². The summed E-state index contributed by atoms with van der Waals surface area (Å²) in [6.45, 7) is 4.64. The maximum absolute atomic E-state index is 5.96. The van der Waals surface area contributed by atoms with Crippen LogP contribution in [0.4, 0.5) is 0 Å². The van der Waals surface area contributed by atoms with Gasteiger partial charge in [-0.2, -0.15) is 0 Å². The fraction of sp³-hybridized carbons (Fsp3) is 0.222. The van der Waals surface area contributed by atoms with Crippen LogP contribution in [0.25, 0.3) is 10.1 Å². The molecular formula is C18H19NOS. The Morgan fingerprint density at radius 2 is 1.76 bits per heavy atom. The van der Waals surface area contributed by atoms with Crippen molar-refractivity contribution in [2.24, 2.45) is 0 Å². The van der Waals surface area contributed by atoms with Gasteiger partial charge in [-0.1, -0.05) is 43.3 Å². The second-order valence-electron chi connectivity index (χ2n) is 4.88. The molecule has 3 aromatic rings. The van der Waals surface area contributed by atoms with E-state index in [0.717, 1.165) is 18.8 Å². The fourth-order valence-corrected chi connectivity index (χ4v) is 3.54. The lowest BCUT2D eigenvalue weighted by atomic mass is 10.1. The van der Waals surface area contributed by atoms with Gasteiger partial charge in [0.2, 0.25) is 0 Å². The Morgan fingerprint density at radius 1 is 1.00 bits per heavy atom.